The van der Waals surface area contributed by atoms with E-state index >= 15 is 0 Å². The Morgan fingerprint density at radius 2 is 1.76 bits per heavy atom. The van der Waals surface area contributed by atoms with Crippen LogP contribution in [0, 0.1) is 11.7 Å². The molecule has 0 atom stereocenters. The van der Waals surface area contributed by atoms with Gasteiger partial charge in [0.2, 0.25) is 0 Å². The molecule has 1 aliphatic rings. The molecular formula is C30H29FN2O4. The van der Waals surface area contributed by atoms with Crippen LogP contribution in [0.5, 0.6) is 11.5 Å². The second-order valence-electron chi connectivity index (χ2n) is 10.2. The molecule has 1 heterocycles. The minimum absolute atomic E-state index is 0.0156. The fraction of sp³-hybridized carbons (Fsp3) is 0.233. The lowest BCUT2D eigenvalue weighted by atomic mass is 9.87. The maximum absolute atomic E-state index is 14.2. The van der Waals surface area contributed by atoms with Crippen LogP contribution in [-0.2, 0) is 10.2 Å². The third kappa shape index (κ3) is 5.61. The van der Waals surface area contributed by atoms with Crippen LogP contribution in [0.25, 0.3) is 6.08 Å². The third-order valence-corrected chi connectivity index (χ3v) is 6.01. The molecule has 3 aromatic carbocycles. The number of carbonyl (C=O) groups is 2. The van der Waals surface area contributed by atoms with Crippen LogP contribution in [0.2, 0.25) is 0 Å². The van der Waals surface area contributed by atoms with Crippen molar-refractivity contribution in [1.82, 2.24) is 0 Å². The summed E-state index contributed by atoms with van der Waals surface area (Å²) in [6.07, 6.45) is 1.64. The molecule has 0 fully saturated rings. The van der Waals surface area contributed by atoms with Crippen molar-refractivity contribution in [2.75, 3.05) is 5.01 Å². The van der Waals surface area contributed by atoms with Crippen LogP contribution < -0.4 is 9.75 Å². The summed E-state index contributed by atoms with van der Waals surface area (Å²) in [5.41, 5.74) is 2.91. The molecule has 0 spiro atoms. The summed E-state index contributed by atoms with van der Waals surface area (Å²) in [6, 6.07) is 17.8. The number of anilines is 1. The van der Waals surface area contributed by atoms with Crippen LogP contribution in [0.4, 0.5) is 10.1 Å². The minimum Gasteiger partial charge on any atom is -0.478 e. The van der Waals surface area contributed by atoms with Crippen molar-refractivity contribution in [2.24, 2.45) is 11.0 Å². The van der Waals surface area contributed by atoms with E-state index in [2.05, 4.69) is 25.9 Å². The van der Waals surface area contributed by atoms with Crippen LogP contribution in [0.1, 0.15) is 56.1 Å². The molecule has 190 valence electrons. The number of carbonyl (C=O) groups excluding carboxylic acids is 1. The van der Waals surface area contributed by atoms with Gasteiger partial charge in [0, 0.05) is 11.6 Å². The van der Waals surface area contributed by atoms with Crippen molar-refractivity contribution < 1.29 is 23.8 Å². The highest BCUT2D eigenvalue weighted by molar-refractivity contribution is 6.33. The van der Waals surface area contributed by atoms with Gasteiger partial charge in [-0.15, -0.1) is 0 Å². The van der Waals surface area contributed by atoms with Gasteiger partial charge in [-0.1, -0.05) is 52.8 Å². The van der Waals surface area contributed by atoms with Crippen molar-refractivity contribution in [2.45, 2.75) is 40.0 Å². The van der Waals surface area contributed by atoms with Gasteiger partial charge < -0.3 is 9.84 Å². The second-order valence-corrected chi connectivity index (χ2v) is 10.2. The van der Waals surface area contributed by atoms with E-state index in [1.165, 1.54) is 29.3 Å². The fourth-order valence-electron chi connectivity index (χ4n) is 3.96. The first-order valence-electron chi connectivity index (χ1n) is 12.0. The van der Waals surface area contributed by atoms with Crippen molar-refractivity contribution in [1.29, 1.82) is 0 Å². The molecule has 6 nitrogen and oxygen atoms in total. The molecule has 4 rings (SSSR count). The molecule has 1 amide bonds. The Hall–Kier alpha value is -4.26. The summed E-state index contributed by atoms with van der Waals surface area (Å²) < 4.78 is 20.2. The highest BCUT2D eigenvalue weighted by Crippen LogP contribution is 2.33. The fourth-order valence-corrected chi connectivity index (χ4v) is 3.96. The van der Waals surface area contributed by atoms with Crippen LogP contribution in [0.15, 0.2) is 77.4 Å². The van der Waals surface area contributed by atoms with Crippen LogP contribution in [0.3, 0.4) is 0 Å². The third-order valence-electron chi connectivity index (χ3n) is 6.01. The van der Waals surface area contributed by atoms with Crippen LogP contribution >= 0.6 is 0 Å². The predicted molar refractivity (Wildman–Crippen MR) is 143 cm³/mol. The monoisotopic (exact) mass is 500 g/mol. The Morgan fingerprint density at radius 3 is 2.38 bits per heavy atom. The van der Waals surface area contributed by atoms with E-state index in [0.717, 1.165) is 5.56 Å². The Balaban J connectivity index is 1.71. The van der Waals surface area contributed by atoms with E-state index < -0.39 is 17.7 Å². The zero-order valence-electron chi connectivity index (χ0n) is 21.4. The van der Waals surface area contributed by atoms with Crippen molar-refractivity contribution in [3.63, 3.8) is 0 Å². The predicted octanol–water partition coefficient (Wildman–Crippen LogP) is 7.06. The maximum Gasteiger partial charge on any atom is 0.335 e. The lowest BCUT2D eigenvalue weighted by Gasteiger charge is -2.19. The van der Waals surface area contributed by atoms with Gasteiger partial charge in [-0.2, -0.15) is 10.1 Å². The number of aromatic carboxylic acids is 1. The highest BCUT2D eigenvalue weighted by Gasteiger charge is 2.33. The number of amides is 1. The lowest BCUT2D eigenvalue weighted by Crippen LogP contribution is -2.22. The molecular weight excluding hydrogens is 471 g/mol. The number of ether oxygens (including phenoxy) is 1. The molecule has 0 bridgehead atoms. The van der Waals surface area contributed by atoms with Crippen molar-refractivity contribution in [3.8, 4) is 11.5 Å². The lowest BCUT2D eigenvalue weighted by molar-refractivity contribution is -0.114. The number of nitrogens with zero attached hydrogens (tertiary/aromatic N) is 2. The zero-order chi connectivity index (χ0) is 26.9. The van der Waals surface area contributed by atoms with Gasteiger partial charge in [0.15, 0.2) is 0 Å². The number of halogens is 1. The number of rotatable bonds is 6. The normalized spacial score (nSPS) is 14.9. The number of hydrogen-bond acceptors (Lipinski definition) is 4. The SMILES string of the molecule is CC(C)C1=NN(c2cccc(C(=O)O)c2)C(=O)/C1=C\c1ccc(F)cc1Oc1ccc(C(C)(C)C)cc1. The van der Waals surface area contributed by atoms with Gasteiger partial charge in [-0.3, -0.25) is 4.79 Å². The van der Waals surface area contributed by atoms with Gasteiger partial charge in [0.1, 0.15) is 17.3 Å². The van der Waals surface area contributed by atoms with E-state index in [4.69, 9.17) is 4.74 Å². The van der Waals surface area contributed by atoms with E-state index in [0.29, 0.717) is 28.3 Å². The molecule has 1 N–H and O–H groups in total. The van der Waals surface area contributed by atoms with Gasteiger partial charge in [-0.05, 0) is 65.4 Å². The molecule has 0 saturated heterocycles. The molecule has 0 saturated carbocycles. The topological polar surface area (TPSA) is 79.2 Å². The molecule has 0 aromatic heterocycles. The standard InChI is InChI=1S/C30H29FN2O4/c1-18(2)27-25(28(34)33(32-27)23-8-6-7-20(15-23)29(35)36)16-19-9-12-22(31)17-26(19)37-24-13-10-21(11-14-24)30(3,4)5/h6-18H,1-5H3,(H,35,36)/b25-16-. The second kappa shape index (κ2) is 10.0. The number of carboxylic acids is 1. The summed E-state index contributed by atoms with van der Waals surface area (Å²) in [5, 5.41) is 15.0. The molecule has 37 heavy (non-hydrogen) atoms. The molecule has 0 aliphatic carbocycles. The smallest absolute Gasteiger partial charge is 0.335 e. The number of carboxylic acid groups (broad SMARTS) is 1. The first kappa shape index (κ1) is 25.8. The quantitative estimate of drug-likeness (QED) is 0.368. The average molecular weight is 501 g/mol. The molecule has 1 aliphatic heterocycles. The minimum atomic E-state index is -1.10. The largest absolute Gasteiger partial charge is 0.478 e. The summed E-state index contributed by atoms with van der Waals surface area (Å²) in [7, 11) is 0. The first-order valence-corrected chi connectivity index (χ1v) is 12.0. The van der Waals surface area contributed by atoms with E-state index in [-0.39, 0.29) is 22.6 Å². The van der Waals surface area contributed by atoms with Gasteiger partial charge in [0.05, 0.1) is 22.5 Å². The van der Waals surface area contributed by atoms with Crippen LogP contribution in [-0.4, -0.2) is 22.7 Å². The number of hydrazone groups is 1. The maximum atomic E-state index is 14.2. The Kier molecular flexibility index (Phi) is 6.99. The summed E-state index contributed by atoms with van der Waals surface area (Å²) >= 11 is 0. The number of hydrogen-bond donors (Lipinski definition) is 1. The Labute approximate surface area is 215 Å². The Bertz CT molecular complexity index is 1420. The Morgan fingerprint density at radius 1 is 1.05 bits per heavy atom. The van der Waals surface area contributed by atoms with Gasteiger partial charge in [0.25, 0.3) is 5.91 Å². The molecule has 3 aromatic rings. The molecule has 7 heteroatoms. The highest BCUT2D eigenvalue weighted by atomic mass is 19.1. The zero-order valence-corrected chi connectivity index (χ0v) is 21.4. The first-order chi connectivity index (χ1) is 17.4. The summed E-state index contributed by atoms with van der Waals surface area (Å²) in [4.78, 5) is 24.9. The molecule has 0 unspecified atom stereocenters. The van der Waals surface area contributed by atoms with E-state index in [1.807, 2.05) is 38.1 Å². The van der Waals surface area contributed by atoms with Gasteiger partial charge in [-0.25, -0.2) is 9.18 Å². The summed E-state index contributed by atoms with van der Waals surface area (Å²) in [5.74, 6) is -1.26. The van der Waals surface area contributed by atoms with E-state index in [9.17, 15) is 19.1 Å². The van der Waals surface area contributed by atoms with Crippen molar-refractivity contribution in [3.05, 3.63) is 94.8 Å². The van der Waals surface area contributed by atoms with E-state index in [1.54, 1.807) is 24.3 Å². The average Bonchev–Trinajstić information content (AvgIpc) is 3.17. The molecule has 0 radical (unpaired) electrons. The van der Waals surface area contributed by atoms with Crippen molar-refractivity contribution >= 4 is 29.4 Å². The summed E-state index contributed by atoms with van der Waals surface area (Å²) in [6.45, 7) is 10.2. The number of benzene rings is 3. The van der Waals surface area contributed by atoms with Gasteiger partial charge >= 0.3 is 5.97 Å².